The fraction of sp³-hybridized carbons (Fsp3) is 0.133. The number of aryl methyl sites for hydroxylation is 1. The van der Waals surface area contributed by atoms with Crippen LogP contribution in [0.25, 0.3) is 11.4 Å². The number of hydrogen-bond donors (Lipinski definition) is 1. The summed E-state index contributed by atoms with van der Waals surface area (Å²) in [5, 5.41) is 7.24. The Morgan fingerprint density at radius 1 is 1.15 bits per heavy atom. The normalized spacial score (nSPS) is 10.4. The van der Waals surface area contributed by atoms with Gasteiger partial charge < -0.3 is 9.84 Å². The highest BCUT2D eigenvalue weighted by Crippen LogP contribution is 2.19. The van der Waals surface area contributed by atoms with Crippen LogP contribution in [0.4, 0.5) is 5.69 Å². The Bertz CT molecular complexity index is 694. The maximum absolute atomic E-state index is 5.25. The number of hydrogen-bond acceptors (Lipinski definition) is 5. The van der Waals surface area contributed by atoms with Gasteiger partial charge in [-0.05, 0) is 30.7 Å². The van der Waals surface area contributed by atoms with Crippen molar-refractivity contribution in [3.63, 3.8) is 0 Å². The minimum absolute atomic E-state index is 0.501. The molecule has 1 aromatic carbocycles. The molecule has 0 unspecified atom stereocenters. The van der Waals surface area contributed by atoms with E-state index in [4.69, 9.17) is 4.52 Å². The first-order chi connectivity index (χ1) is 9.83. The molecule has 0 saturated heterocycles. The second-order valence-corrected chi connectivity index (χ2v) is 4.42. The first kappa shape index (κ1) is 12.3. The summed E-state index contributed by atoms with van der Waals surface area (Å²) >= 11 is 0. The predicted molar refractivity (Wildman–Crippen MR) is 76.0 cm³/mol. The Morgan fingerprint density at radius 2 is 2.00 bits per heavy atom. The van der Waals surface area contributed by atoms with Crippen LogP contribution in [-0.2, 0) is 6.54 Å². The standard InChI is InChI=1S/C15H14N4O/c1-11-9-16-8-7-13(11)15-18-14(20-19-15)10-17-12-5-3-2-4-6-12/h2-9,17H,10H2,1H3. The summed E-state index contributed by atoms with van der Waals surface area (Å²) in [6.07, 6.45) is 3.51. The molecule has 3 aromatic rings. The molecule has 0 aliphatic carbocycles. The van der Waals surface area contributed by atoms with Crippen molar-refractivity contribution >= 4 is 5.69 Å². The second-order valence-electron chi connectivity index (χ2n) is 4.42. The molecule has 0 bridgehead atoms. The van der Waals surface area contributed by atoms with Gasteiger partial charge in [0.15, 0.2) is 0 Å². The molecule has 0 atom stereocenters. The third-order valence-corrected chi connectivity index (χ3v) is 2.95. The summed E-state index contributed by atoms with van der Waals surface area (Å²) in [5.74, 6) is 1.15. The highest BCUT2D eigenvalue weighted by atomic mass is 16.5. The predicted octanol–water partition coefficient (Wildman–Crippen LogP) is 3.05. The summed E-state index contributed by atoms with van der Waals surface area (Å²) < 4.78 is 5.25. The van der Waals surface area contributed by atoms with E-state index in [9.17, 15) is 0 Å². The Balaban J connectivity index is 1.73. The van der Waals surface area contributed by atoms with Crippen LogP contribution in [0.1, 0.15) is 11.5 Å². The topological polar surface area (TPSA) is 63.8 Å². The summed E-state index contributed by atoms with van der Waals surface area (Å²) in [6.45, 7) is 2.47. The van der Waals surface area contributed by atoms with Gasteiger partial charge in [0.05, 0.1) is 6.54 Å². The number of benzene rings is 1. The van der Waals surface area contributed by atoms with Gasteiger partial charge >= 0.3 is 0 Å². The van der Waals surface area contributed by atoms with E-state index in [1.807, 2.05) is 43.3 Å². The van der Waals surface area contributed by atoms with Crippen molar-refractivity contribution in [3.8, 4) is 11.4 Å². The van der Waals surface area contributed by atoms with Gasteiger partial charge in [-0.2, -0.15) is 4.98 Å². The van der Waals surface area contributed by atoms with Crippen LogP contribution in [-0.4, -0.2) is 15.1 Å². The fourth-order valence-electron chi connectivity index (χ4n) is 1.89. The highest BCUT2D eigenvalue weighted by molar-refractivity contribution is 5.58. The zero-order valence-electron chi connectivity index (χ0n) is 11.1. The molecule has 0 radical (unpaired) electrons. The zero-order chi connectivity index (χ0) is 13.8. The molecule has 0 spiro atoms. The quantitative estimate of drug-likeness (QED) is 0.786. The molecule has 2 heterocycles. The van der Waals surface area contributed by atoms with E-state index in [1.54, 1.807) is 12.4 Å². The molecular formula is C15H14N4O. The SMILES string of the molecule is Cc1cnccc1-c1noc(CNc2ccccc2)n1. The van der Waals surface area contributed by atoms with E-state index in [1.165, 1.54) is 0 Å². The lowest BCUT2D eigenvalue weighted by atomic mass is 10.1. The van der Waals surface area contributed by atoms with Crippen LogP contribution >= 0.6 is 0 Å². The Kier molecular flexibility index (Phi) is 3.41. The number of nitrogens with one attached hydrogen (secondary N) is 1. The summed E-state index contributed by atoms with van der Waals surface area (Å²) in [5.41, 5.74) is 2.98. The second kappa shape index (κ2) is 5.52. The van der Waals surface area contributed by atoms with Crippen molar-refractivity contribution in [2.24, 2.45) is 0 Å². The van der Waals surface area contributed by atoms with Crippen LogP contribution in [0.15, 0.2) is 53.3 Å². The lowest BCUT2D eigenvalue weighted by molar-refractivity contribution is 0.384. The molecule has 5 heteroatoms. The molecular weight excluding hydrogens is 252 g/mol. The monoisotopic (exact) mass is 266 g/mol. The maximum Gasteiger partial charge on any atom is 0.246 e. The van der Waals surface area contributed by atoms with Crippen molar-refractivity contribution in [1.82, 2.24) is 15.1 Å². The first-order valence-corrected chi connectivity index (χ1v) is 6.35. The number of rotatable bonds is 4. The fourth-order valence-corrected chi connectivity index (χ4v) is 1.89. The number of aromatic nitrogens is 3. The van der Waals surface area contributed by atoms with Gasteiger partial charge in [-0.15, -0.1) is 0 Å². The van der Waals surface area contributed by atoms with Crippen LogP contribution < -0.4 is 5.32 Å². The largest absolute Gasteiger partial charge is 0.376 e. The molecule has 1 N–H and O–H groups in total. The van der Waals surface area contributed by atoms with E-state index in [0.717, 1.165) is 16.8 Å². The molecule has 2 aromatic heterocycles. The third-order valence-electron chi connectivity index (χ3n) is 2.95. The summed E-state index contributed by atoms with van der Waals surface area (Å²) in [7, 11) is 0. The zero-order valence-corrected chi connectivity index (χ0v) is 11.1. The minimum Gasteiger partial charge on any atom is -0.376 e. The average molecular weight is 266 g/mol. The van der Waals surface area contributed by atoms with Gasteiger partial charge in [0.1, 0.15) is 0 Å². The molecule has 20 heavy (non-hydrogen) atoms. The van der Waals surface area contributed by atoms with Gasteiger partial charge in [-0.3, -0.25) is 4.98 Å². The number of anilines is 1. The van der Waals surface area contributed by atoms with Gasteiger partial charge in [-0.1, -0.05) is 23.4 Å². The molecule has 5 nitrogen and oxygen atoms in total. The Morgan fingerprint density at radius 3 is 2.80 bits per heavy atom. The molecule has 0 aliphatic rings. The number of nitrogens with zero attached hydrogens (tertiary/aromatic N) is 3. The Hall–Kier alpha value is -2.69. The van der Waals surface area contributed by atoms with Crippen molar-refractivity contribution in [3.05, 3.63) is 60.2 Å². The molecule has 0 amide bonds. The highest BCUT2D eigenvalue weighted by Gasteiger charge is 2.10. The van der Waals surface area contributed by atoms with E-state index < -0.39 is 0 Å². The van der Waals surface area contributed by atoms with Crippen molar-refractivity contribution in [2.45, 2.75) is 13.5 Å². The van der Waals surface area contributed by atoms with E-state index >= 15 is 0 Å². The third kappa shape index (κ3) is 2.66. The summed E-state index contributed by atoms with van der Waals surface area (Å²) in [4.78, 5) is 8.44. The van der Waals surface area contributed by atoms with Gasteiger partial charge in [0.25, 0.3) is 0 Å². The van der Waals surface area contributed by atoms with Crippen molar-refractivity contribution in [2.75, 3.05) is 5.32 Å². The van der Waals surface area contributed by atoms with Crippen LogP contribution in [0, 0.1) is 6.92 Å². The Labute approximate surface area is 116 Å². The van der Waals surface area contributed by atoms with Crippen molar-refractivity contribution in [1.29, 1.82) is 0 Å². The first-order valence-electron chi connectivity index (χ1n) is 6.35. The van der Waals surface area contributed by atoms with Gasteiger partial charge in [-0.25, -0.2) is 0 Å². The van der Waals surface area contributed by atoms with E-state index in [-0.39, 0.29) is 0 Å². The maximum atomic E-state index is 5.25. The van der Waals surface area contributed by atoms with Crippen molar-refractivity contribution < 1.29 is 4.52 Å². The summed E-state index contributed by atoms with van der Waals surface area (Å²) in [6, 6.07) is 11.8. The number of pyridine rings is 1. The molecule has 0 saturated carbocycles. The van der Waals surface area contributed by atoms with Crippen LogP contribution in [0.5, 0.6) is 0 Å². The van der Waals surface area contributed by atoms with Gasteiger partial charge in [0.2, 0.25) is 11.7 Å². The lowest BCUT2D eigenvalue weighted by Gasteiger charge is -2.01. The van der Waals surface area contributed by atoms with E-state index in [0.29, 0.717) is 18.3 Å². The number of para-hydroxylation sites is 1. The average Bonchev–Trinajstić information content (AvgIpc) is 2.95. The van der Waals surface area contributed by atoms with E-state index in [2.05, 4.69) is 20.4 Å². The molecule has 0 aliphatic heterocycles. The smallest absolute Gasteiger partial charge is 0.246 e. The lowest BCUT2D eigenvalue weighted by Crippen LogP contribution is -1.99. The van der Waals surface area contributed by atoms with Gasteiger partial charge in [0, 0.05) is 23.6 Å². The van der Waals surface area contributed by atoms with Crippen LogP contribution in [0.2, 0.25) is 0 Å². The minimum atomic E-state index is 0.501. The molecule has 100 valence electrons. The molecule has 0 fully saturated rings. The van der Waals surface area contributed by atoms with Crippen LogP contribution in [0.3, 0.4) is 0 Å². The molecule has 3 rings (SSSR count).